The molecule has 5 heteroatoms. The number of carbonyl (C=O) groups is 2. The van der Waals surface area contributed by atoms with Crippen LogP contribution in [0.1, 0.15) is 67.2 Å². The molecule has 1 rings (SSSR count). The minimum atomic E-state index is -1.95. The smallest absolute Gasteiger partial charge is 0.152 e. The first-order valence-electron chi connectivity index (χ1n) is 9.60. The zero-order valence-corrected chi connectivity index (χ0v) is 16.5. The number of rotatable bonds is 9. The average Bonchev–Trinajstić information content (AvgIpc) is 2.69. The van der Waals surface area contributed by atoms with E-state index in [1.165, 1.54) is 0 Å². The third-order valence-corrected chi connectivity index (χ3v) is 5.46. The number of carbonyl (C=O) groups excluding carboxylic acids is 2. The van der Waals surface area contributed by atoms with E-state index in [9.17, 15) is 24.9 Å². The quantitative estimate of drug-likeness (QED) is 0.551. The van der Waals surface area contributed by atoms with Crippen LogP contribution in [0.25, 0.3) is 0 Å². The zero-order chi connectivity index (χ0) is 19.5. The Bertz CT molecular complexity index is 471. The second-order valence-corrected chi connectivity index (χ2v) is 8.78. The lowest BCUT2D eigenvalue weighted by Crippen LogP contribution is -2.55. The van der Waals surface area contributed by atoms with E-state index in [0.29, 0.717) is 37.5 Å². The first-order valence-corrected chi connectivity index (χ1v) is 9.60. The number of ketones is 2. The summed E-state index contributed by atoms with van der Waals surface area (Å²) in [5, 5.41) is 32.6. The molecular weight excluding hydrogens is 320 g/mol. The number of aliphatic hydroxyl groups excluding tert-OH is 2. The molecule has 1 aliphatic rings. The third kappa shape index (κ3) is 4.69. The molecule has 0 aliphatic heterocycles. The molecular formula is C20H36O5. The third-order valence-electron chi connectivity index (χ3n) is 5.46. The van der Waals surface area contributed by atoms with Gasteiger partial charge in [0.1, 0.15) is 23.4 Å². The summed E-state index contributed by atoms with van der Waals surface area (Å²) in [5.41, 5.74) is -1.95. The van der Waals surface area contributed by atoms with Crippen LogP contribution in [0.4, 0.5) is 0 Å². The van der Waals surface area contributed by atoms with Gasteiger partial charge in [-0.2, -0.15) is 0 Å². The SMILES string of the molecule is CC(C)CCC(O)[C@]1(O)C(CCC(C)C)C(=O)C(C(=O)C(C)C)C1O. The van der Waals surface area contributed by atoms with Gasteiger partial charge in [0.2, 0.25) is 0 Å². The Morgan fingerprint density at radius 3 is 2.00 bits per heavy atom. The normalized spacial score (nSPS) is 31.4. The molecule has 4 unspecified atom stereocenters. The van der Waals surface area contributed by atoms with Crippen LogP contribution in [0.2, 0.25) is 0 Å². The summed E-state index contributed by atoms with van der Waals surface area (Å²) in [5.74, 6) is -2.69. The summed E-state index contributed by atoms with van der Waals surface area (Å²) in [7, 11) is 0. The molecule has 5 nitrogen and oxygen atoms in total. The lowest BCUT2D eigenvalue weighted by molar-refractivity contribution is -0.167. The summed E-state index contributed by atoms with van der Waals surface area (Å²) >= 11 is 0. The molecule has 0 bridgehead atoms. The summed E-state index contributed by atoms with van der Waals surface area (Å²) in [6, 6.07) is 0. The Hall–Kier alpha value is -0.780. The maximum Gasteiger partial charge on any atom is 0.152 e. The molecule has 0 spiro atoms. The first kappa shape index (κ1) is 22.3. The van der Waals surface area contributed by atoms with Crippen LogP contribution in [0, 0.1) is 29.6 Å². The summed E-state index contributed by atoms with van der Waals surface area (Å²) in [6.07, 6.45) is -0.760. The van der Waals surface area contributed by atoms with Gasteiger partial charge < -0.3 is 15.3 Å². The number of hydrogen-bond acceptors (Lipinski definition) is 5. The molecule has 0 saturated heterocycles. The molecule has 3 N–H and O–H groups in total. The van der Waals surface area contributed by atoms with Crippen molar-refractivity contribution in [3.8, 4) is 0 Å². The lowest BCUT2D eigenvalue weighted by atomic mass is 9.78. The fraction of sp³-hybridized carbons (Fsp3) is 0.900. The highest BCUT2D eigenvalue weighted by Gasteiger charge is 2.63. The first-order chi connectivity index (χ1) is 11.4. The van der Waals surface area contributed by atoms with Gasteiger partial charge in [0, 0.05) is 5.92 Å². The Morgan fingerprint density at radius 1 is 1.04 bits per heavy atom. The Morgan fingerprint density at radius 2 is 1.56 bits per heavy atom. The van der Waals surface area contributed by atoms with Gasteiger partial charge in [-0.05, 0) is 31.1 Å². The maximum atomic E-state index is 12.9. The van der Waals surface area contributed by atoms with E-state index in [0.717, 1.165) is 0 Å². The van der Waals surface area contributed by atoms with Crippen molar-refractivity contribution in [2.75, 3.05) is 0 Å². The van der Waals surface area contributed by atoms with Crippen LogP contribution in [0.5, 0.6) is 0 Å². The van der Waals surface area contributed by atoms with E-state index in [4.69, 9.17) is 0 Å². The highest BCUT2D eigenvalue weighted by atomic mass is 16.4. The van der Waals surface area contributed by atoms with Crippen LogP contribution in [-0.4, -0.2) is 44.7 Å². The van der Waals surface area contributed by atoms with Gasteiger partial charge in [-0.15, -0.1) is 0 Å². The van der Waals surface area contributed by atoms with Gasteiger partial charge in [0.15, 0.2) is 5.78 Å². The fourth-order valence-corrected chi connectivity index (χ4v) is 3.75. The highest BCUT2D eigenvalue weighted by Crippen LogP contribution is 2.44. The number of aliphatic hydroxyl groups is 3. The molecule has 0 heterocycles. The maximum absolute atomic E-state index is 12.9. The molecule has 1 fully saturated rings. The second-order valence-electron chi connectivity index (χ2n) is 8.78. The van der Waals surface area contributed by atoms with Crippen LogP contribution in [-0.2, 0) is 9.59 Å². The minimum absolute atomic E-state index is 0.291. The van der Waals surface area contributed by atoms with Crippen molar-refractivity contribution in [3.05, 3.63) is 0 Å². The van der Waals surface area contributed by atoms with Gasteiger partial charge in [-0.1, -0.05) is 48.0 Å². The van der Waals surface area contributed by atoms with Crippen molar-refractivity contribution in [1.29, 1.82) is 0 Å². The molecule has 0 aromatic rings. The molecule has 1 aliphatic carbocycles. The Labute approximate surface area is 151 Å². The van der Waals surface area contributed by atoms with Gasteiger partial charge in [0.05, 0.1) is 12.0 Å². The van der Waals surface area contributed by atoms with Gasteiger partial charge in [0.25, 0.3) is 0 Å². The summed E-state index contributed by atoms with van der Waals surface area (Å²) in [6.45, 7) is 11.4. The van der Waals surface area contributed by atoms with E-state index in [-0.39, 0.29) is 5.78 Å². The monoisotopic (exact) mass is 356 g/mol. The van der Waals surface area contributed by atoms with Gasteiger partial charge in [-0.25, -0.2) is 0 Å². The fourth-order valence-electron chi connectivity index (χ4n) is 3.75. The van der Waals surface area contributed by atoms with Crippen molar-refractivity contribution in [2.24, 2.45) is 29.6 Å². The van der Waals surface area contributed by atoms with Gasteiger partial charge >= 0.3 is 0 Å². The van der Waals surface area contributed by atoms with E-state index in [1.54, 1.807) is 13.8 Å². The second kappa shape index (κ2) is 8.74. The number of hydrogen-bond donors (Lipinski definition) is 3. The predicted octanol–water partition coefficient (Wildman–Crippen LogP) is 2.35. The highest BCUT2D eigenvalue weighted by molar-refractivity contribution is 6.07. The van der Waals surface area contributed by atoms with Crippen molar-refractivity contribution in [1.82, 2.24) is 0 Å². The zero-order valence-electron chi connectivity index (χ0n) is 16.5. The van der Waals surface area contributed by atoms with Crippen LogP contribution in [0.15, 0.2) is 0 Å². The van der Waals surface area contributed by atoms with Crippen molar-refractivity contribution < 1.29 is 24.9 Å². The number of Topliss-reactive ketones (excluding diaryl/α,β-unsaturated/α-hetero) is 2. The molecule has 0 amide bonds. The van der Waals surface area contributed by atoms with Crippen LogP contribution >= 0.6 is 0 Å². The lowest BCUT2D eigenvalue weighted by Gasteiger charge is -2.37. The largest absolute Gasteiger partial charge is 0.390 e. The van der Waals surface area contributed by atoms with Crippen LogP contribution < -0.4 is 0 Å². The molecule has 0 radical (unpaired) electrons. The van der Waals surface area contributed by atoms with E-state index >= 15 is 0 Å². The average molecular weight is 357 g/mol. The summed E-state index contributed by atoms with van der Waals surface area (Å²) in [4.78, 5) is 25.3. The van der Waals surface area contributed by atoms with E-state index in [1.807, 2.05) is 27.7 Å². The van der Waals surface area contributed by atoms with Crippen molar-refractivity contribution >= 4 is 11.6 Å². The van der Waals surface area contributed by atoms with E-state index in [2.05, 4.69) is 0 Å². The molecule has 5 atom stereocenters. The molecule has 25 heavy (non-hydrogen) atoms. The standard InChI is InChI=1S/C20H36O5/c1-11(2)7-9-14-18(23)16(17(22)13(5)6)19(24)20(14,25)15(21)10-8-12(3)4/h11-16,19,21,24-25H,7-10H2,1-6H3/t14?,15?,16?,19?,20-/m1/s1. The molecule has 1 saturated carbocycles. The van der Waals surface area contributed by atoms with Crippen molar-refractivity contribution in [2.45, 2.75) is 85.0 Å². The van der Waals surface area contributed by atoms with Gasteiger partial charge in [-0.3, -0.25) is 9.59 Å². The Balaban J connectivity index is 3.17. The molecule has 0 aromatic heterocycles. The molecule has 146 valence electrons. The minimum Gasteiger partial charge on any atom is -0.390 e. The topological polar surface area (TPSA) is 94.8 Å². The summed E-state index contributed by atoms with van der Waals surface area (Å²) < 4.78 is 0. The molecule has 0 aromatic carbocycles. The van der Waals surface area contributed by atoms with E-state index < -0.39 is 41.3 Å². The predicted molar refractivity (Wildman–Crippen MR) is 96.9 cm³/mol. The van der Waals surface area contributed by atoms with Crippen LogP contribution in [0.3, 0.4) is 0 Å². The Kier molecular flexibility index (Phi) is 7.78. The van der Waals surface area contributed by atoms with Crippen molar-refractivity contribution in [3.63, 3.8) is 0 Å².